The van der Waals surface area contributed by atoms with Crippen molar-refractivity contribution in [3.05, 3.63) is 23.9 Å². The Balaban J connectivity index is 1.21. The van der Waals surface area contributed by atoms with Gasteiger partial charge in [0.2, 0.25) is 5.91 Å². The number of amides is 2. The Morgan fingerprint density at radius 1 is 0.895 bits per heavy atom. The van der Waals surface area contributed by atoms with E-state index in [0.717, 1.165) is 109 Å². The van der Waals surface area contributed by atoms with Crippen molar-refractivity contribution in [2.24, 2.45) is 5.92 Å². The predicted molar refractivity (Wildman–Crippen MR) is 136 cm³/mol. The molecule has 0 N–H and O–H groups in total. The van der Waals surface area contributed by atoms with Gasteiger partial charge in [0.1, 0.15) is 11.9 Å². The minimum absolute atomic E-state index is 0.0105. The van der Waals surface area contributed by atoms with Gasteiger partial charge >= 0.3 is 6.18 Å². The lowest BCUT2D eigenvalue weighted by molar-refractivity contribution is -0.142. The number of anilines is 1. The maximum Gasteiger partial charge on any atom is 0.417 e. The maximum atomic E-state index is 13.7. The molecule has 4 heterocycles. The summed E-state index contributed by atoms with van der Waals surface area (Å²) in [6.45, 7) is 3.80. The molecule has 3 saturated heterocycles. The maximum absolute atomic E-state index is 13.7. The second-order valence-corrected chi connectivity index (χ2v) is 11.3. The zero-order valence-electron chi connectivity index (χ0n) is 22.0. The van der Waals surface area contributed by atoms with Crippen LogP contribution in [0.1, 0.15) is 76.2 Å². The zero-order valence-corrected chi connectivity index (χ0v) is 22.0. The molecule has 0 spiro atoms. The Kier molecular flexibility index (Phi) is 8.57. The molecule has 2 amide bonds. The summed E-state index contributed by atoms with van der Waals surface area (Å²) in [6, 6.07) is 2.71. The van der Waals surface area contributed by atoms with Gasteiger partial charge in [-0.25, -0.2) is 4.98 Å². The second-order valence-electron chi connectivity index (χ2n) is 11.3. The third-order valence-corrected chi connectivity index (χ3v) is 8.88. The summed E-state index contributed by atoms with van der Waals surface area (Å²) >= 11 is 0. The molecule has 1 saturated carbocycles. The number of alkyl halides is 3. The van der Waals surface area contributed by atoms with Crippen LogP contribution in [0.4, 0.5) is 19.0 Å². The molecule has 1 aromatic rings. The number of pyridine rings is 1. The lowest BCUT2D eigenvalue weighted by atomic mass is 9.87. The average Bonchev–Trinajstić information content (AvgIpc) is 3.49. The van der Waals surface area contributed by atoms with Crippen molar-refractivity contribution < 1.29 is 27.5 Å². The quantitative estimate of drug-likeness (QED) is 0.548. The van der Waals surface area contributed by atoms with Gasteiger partial charge in [0.25, 0.3) is 5.91 Å². The number of nitrogens with zero attached hydrogens (tertiary/aromatic N) is 4. The molecule has 1 aliphatic carbocycles. The molecule has 1 aromatic heterocycles. The first-order chi connectivity index (χ1) is 18.3. The number of aromatic nitrogens is 1. The Bertz CT molecular complexity index is 945. The molecular formula is C28H39F3N4O3. The summed E-state index contributed by atoms with van der Waals surface area (Å²) in [7, 11) is 0. The van der Waals surface area contributed by atoms with Gasteiger partial charge in [-0.2, -0.15) is 13.2 Å². The lowest BCUT2D eigenvalue weighted by Crippen LogP contribution is -2.54. The molecular weight excluding hydrogens is 497 g/mol. The first kappa shape index (κ1) is 27.4. The van der Waals surface area contributed by atoms with E-state index in [-0.39, 0.29) is 29.9 Å². The van der Waals surface area contributed by atoms with E-state index in [1.54, 1.807) is 4.90 Å². The number of carbonyl (C=O) groups excluding carboxylic acids is 2. The number of likely N-dealkylation sites (tertiary alicyclic amines) is 2. The van der Waals surface area contributed by atoms with Crippen molar-refractivity contribution in [3.63, 3.8) is 0 Å². The van der Waals surface area contributed by atoms with Crippen LogP contribution in [0.3, 0.4) is 0 Å². The highest BCUT2D eigenvalue weighted by atomic mass is 19.4. The van der Waals surface area contributed by atoms with Crippen LogP contribution in [-0.2, 0) is 20.5 Å². The SMILES string of the molecule is O=C(C1CCCO1)N1CCC(N2CCC(N(C(=O)C3CCCCC3)c3ccc(C(F)(F)F)cn3)CC2)CC1. The van der Waals surface area contributed by atoms with Crippen LogP contribution in [-0.4, -0.2) is 77.6 Å². The number of piperidine rings is 2. The van der Waals surface area contributed by atoms with Gasteiger partial charge in [-0.05, 0) is 63.5 Å². The zero-order chi connectivity index (χ0) is 26.7. The van der Waals surface area contributed by atoms with Gasteiger partial charge in [-0.1, -0.05) is 19.3 Å². The summed E-state index contributed by atoms with van der Waals surface area (Å²) in [5.41, 5.74) is -0.801. The first-order valence-electron chi connectivity index (χ1n) is 14.3. The fraction of sp³-hybridized carbons (Fsp3) is 0.750. The van der Waals surface area contributed by atoms with E-state index in [0.29, 0.717) is 18.5 Å². The molecule has 0 bridgehead atoms. The number of hydrogen-bond acceptors (Lipinski definition) is 5. The summed E-state index contributed by atoms with van der Waals surface area (Å²) in [5.74, 6) is 0.376. The Labute approximate surface area is 222 Å². The van der Waals surface area contributed by atoms with Crippen LogP contribution in [0.2, 0.25) is 0 Å². The molecule has 38 heavy (non-hydrogen) atoms. The number of hydrogen-bond donors (Lipinski definition) is 0. The molecule has 1 atom stereocenters. The van der Waals surface area contributed by atoms with Gasteiger partial charge in [-0.3, -0.25) is 14.5 Å². The van der Waals surface area contributed by atoms with E-state index in [9.17, 15) is 22.8 Å². The minimum Gasteiger partial charge on any atom is -0.368 e. The molecule has 3 aliphatic heterocycles. The molecule has 0 aromatic carbocycles. The molecule has 10 heteroatoms. The highest BCUT2D eigenvalue weighted by Crippen LogP contribution is 2.34. The highest BCUT2D eigenvalue weighted by Gasteiger charge is 2.38. The molecule has 210 valence electrons. The molecule has 4 fully saturated rings. The van der Waals surface area contributed by atoms with E-state index in [2.05, 4.69) is 9.88 Å². The third kappa shape index (κ3) is 6.17. The van der Waals surface area contributed by atoms with Gasteiger partial charge in [0.15, 0.2) is 0 Å². The van der Waals surface area contributed by atoms with Crippen LogP contribution in [0.5, 0.6) is 0 Å². The number of ether oxygens (including phenoxy) is 1. The fourth-order valence-corrected chi connectivity index (χ4v) is 6.66. The van der Waals surface area contributed by atoms with Gasteiger partial charge in [0.05, 0.1) is 5.56 Å². The van der Waals surface area contributed by atoms with Crippen molar-refractivity contribution in [1.82, 2.24) is 14.8 Å². The van der Waals surface area contributed by atoms with Crippen LogP contribution in [0.25, 0.3) is 0 Å². The second kappa shape index (κ2) is 11.9. The Morgan fingerprint density at radius 3 is 2.18 bits per heavy atom. The van der Waals surface area contributed by atoms with Crippen LogP contribution in [0, 0.1) is 5.92 Å². The summed E-state index contributed by atoms with van der Waals surface area (Å²) < 4.78 is 45.0. The number of halogens is 3. The molecule has 0 radical (unpaired) electrons. The molecule has 5 rings (SSSR count). The number of carbonyl (C=O) groups is 2. The van der Waals surface area contributed by atoms with E-state index in [4.69, 9.17) is 4.74 Å². The van der Waals surface area contributed by atoms with E-state index < -0.39 is 11.7 Å². The molecule has 4 aliphatic rings. The van der Waals surface area contributed by atoms with E-state index >= 15 is 0 Å². The van der Waals surface area contributed by atoms with Crippen molar-refractivity contribution >= 4 is 17.6 Å². The third-order valence-electron chi connectivity index (χ3n) is 8.88. The average molecular weight is 537 g/mol. The lowest BCUT2D eigenvalue weighted by Gasteiger charge is -2.44. The van der Waals surface area contributed by atoms with Gasteiger partial charge in [0, 0.05) is 57.0 Å². The monoisotopic (exact) mass is 536 g/mol. The normalized spacial score (nSPS) is 25.0. The standard InChI is InChI=1S/C28H39F3N4O3/c29-28(30,31)21-8-9-25(32-19-21)35(26(36)20-5-2-1-3-6-20)23-12-14-33(15-13-23)22-10-16-34(17-11-22)27(37)24-7-4-18-38-24/h8-9,19-20,22-24H,1-7,10-18H2. The van der Waals surface area contributed by atoms with Gasteiger partial charge in [-0.15, -0.1) is 0 Å². The highest BCUT2D eigenvalue weighted by molar-refractivity contribution is 5.94. The van der Waals surface area contributed by atoms with Crippen molar-refractivity contribution in [2.75, 3.05) is 37.7 Å². The summed E-state index contributed by atoms with van der Waals surface area (Å²) in [6.07, 6.45) is 6.06. The van der Waals surface area contributed by atoms with E-state index in [1.165, 1.54) is 6.07 Å². The predicted octanol–water partition coefficient (Wildman–Crippen LogP) is 4.65. The van der Waals surface area contributed by atoms with E-state index in [1.807, 2.05) is 4.90 Å². The minimum atomic E-state index is -4.46. The van der Waals surface area contributed by atoms with Crippen LogP contribution in [0.15, 0.2) is 18.3 Å². The smallest absolute Gasteiger partial charge is 0.368 e. The van der Waals surface area contributed by atoms with Crippen LogP contribution >= 0.6 is 0 Å². The Hall–Kier alpha value is -2.20. The van der Waals surface area contributed by atoms with Crippen molar-refractivity contribution in [2.45, 2.75) is 95.0 Å². The van der Waals surface area contributed by atoms with Crippen molar-refractivity contribution in [3.8, 4) is 0 Å². The van der Waals surface area contributed by atoms with Crippen molar-refractivity contribution in [1.29, 1.82) is 0 Å². The van der Waals surface area contributed by atoms with Crippen LogP contribution < -0.4 is 4.90 Å². The number of rotatable bonds is 5. The largest absolute Gasteiger partial charge is 0.417 e. The topological polar surface area (TPSA) is 66.0 Å². The fourth-order valence-electron chi connectivity index (χ4n) is 6.66. The molecule has 7 nitrogen and oxygen atoms in total. The first-order valence-corrected chi connectivity index (χ1v) is 14.3. The summed E-state index contributed by atoms with van der Waals surface area (Å²) in [4.78, 5) is 36.6. The molecule has 1 unspecified atom stereocenters. The van der Waals surface area contributed by atoms with Gasteiger partial charge < -0.3 is 14.5 Å². The summed E-state index contributed by atoms with van der Waals surface area (Å²) in [5, 5.41) is 0. The Morgan fingerprint density at radius 2 is 1.61 bits per heavy atom.